The molecule has 0 saturated heterocycles. The minimum Gasteiger partial charge on any atom is -0.480 e. The molecule has 0 bridgehead atoms. The van der Waals surface area contributed by atoms with Gasteiger partial charge in [-0.05, 0) is 6.42 Å². The Balaban J connectivity index is 2.01. The van der Waals surface area contributed by atoms with Crippen molar-refractivity contribution in [1.82, 2.24) is 4.90 Å². The van der Waals surface area contributed by atoms with Gasteiger partial charge < -0.3 is 5.11 Å². The molecule has 0 aromatic rings. The summed E-state index contributed by atoms with van der Waals surface area (Å²) in [4.78, 5) is 42.0. The molecule has 110 valence electrons. The van der Waals surface area contributed by atoms with E-state index in [0.717, 1.165) is 6.42 Å². The number of carboxylic acids is 1. The molecule has 8 heteroatoms. The van der Waals surface area contributed by atoms with Crippen molar-refractivity contribution in [3.63, 3.8) is 0 Å². The molecule has 8 nitrogen and oxygen atoms in total. The summed E-state index contributed by atoms with van der Waals surface area (Å²) in [7, 11) is 0. The Morgan fingerprint density at radius 1 is 1.19 bits per heavy atom. The van der Waals surface area contributed by atoms with Gasteiger partial charge in [0.15, 0.2) is 11.3 Å². The van der Waals surface area contributed by atoms with E-state index in [2.05, 4.69) is 20.0 Å². The van der Waals surface area contributed by atoms with Gasteiger partial charge in [0.05, 0.1) is 5.92 Å². The maximum atomic E-state index is 12.3. The van der Waals surface area contributed by atoms with Crippen LogP contribution in [0.2, 0.25) is 0 Å². The van der Waals surface area contributed by atoms with Crippen molar-refractivity contribution in [2.75, 3.05) is 0 Å². The predicted molar refractivity (Wildman–Crippen MR) is 77.2 cm³/mol. The molecular weight excluding hydrogens is 274 g/mol. The Hall–Kier alpha value is -2.22. The van der Waals surface area contributed by atoms with Gasteiger partial charge in [0.2, 0.25) is 12.6 Å². The zero-order valence-electron chi connectivity index (χ0n) is 11.5. The maximum Gasteiger partial charge on any atom is 0.332 e. The number of rotatable bonds is 6. The van der Waals surface area contributed by atoms with E-state index in [-0.39, 0.29) is 5.78 Å². The quantitative estimate of drug-likeness (QED) is 0.694. The molecule has 21 heavy (non-hydrogen) atoms. The second kappa shape index (κ2) is 4.96. The normalized spacial score (nSPS) is 31.0. The number of ketones is 1. The van der Waals surface area contributed by atoms with Crippen molar-refractivity contribution in [3.05, 3.63) is 0 Å². The molecule has 2 unspecified atom stereocenters. The van der Waals surface area contributed by atoms with E-state index in [0.29, 0.717) is 6.42 Å². The van der Waals surface area contributed by atoms with Gasteiger partial charge in [-0.2, -0.15) is 4.90 Å². The van der Waals surface area contributed by atoms with Gasteiger partial charge in [-0.3, -0.25) is 4.79 Å². The fourth-order valence-electron chi connectivity index (χ4n) is 2.96. The lowest BCUT2D eigenvalue weighted by Crippen LogP contribution is -2.54. The smallest absolute Gasteiger partial charge is 0.332 e. The summed E-state index contributed by atoms with van der Waals surface area (Å²) in [6.07, 6.45) is 5.63. The van der Waals surface area contributed by atoms with Crippen LogP contribution in [-0.2, 0) is 9.59 Å². The number of carboxylic acid groups (broad SMARTS) is 1. The van der Waals surface area contributed by atoms with E-state index in [4.69, 9.17) is 0 Å². The van der Waals surface area contributed by atoms with Gasteiger partial charge in [0.25, 0.3) is 0 Å². The van der Waals surface area contributed by atoms with Gasteiger partial charge in [-0.25, -0.2) is 24.8 Å². The Morgan fingerprint density at radius 2 is 1.67 bits per heavy atom. The van der Waals surface area contributed by atoms with E-state index in [9.17, 15) is 14.7 Å². The fourth-order valence-corrected chi connectivity index (χ4v) is 2.96. The molecule has 1 fully saturated rings. The Morgan fingerprint density at radius 3 is 2.05 bits per heavy atom. The SMILES string of the molecule is CCCC1C(=O)C1(C(=O)O)N(C1N=CC=N1)C1N=CC=N1. The number of nitrogens with zero attached hydrogens (tertiary/aromatic N) is 5. The van der Waals surface area contributed by atoms with E-state index in [1.54, 1.807) is 0 Å². The van der Waals surface area contributed by atoms with Crippen molar-refractivity contribution >= 4 is 36.6 Å². The largest absolute Gasteiger partial charge is 0.480 e. The van der Waals surface area contributed by atoms with Crippen LogP contribution in [0.4, 0.5) is 0 Å². The monoisotopic (exact) mass is 289 g/mol. The zero-order chi connectivity index (χ0) is 15.0. The molecular formula is C13H15N5O3. The fraction of sp³-hybridized carbons (Fsp3) is 0.538. The standard InChI is InChI=1S/C13H15N5O3/c1-2-3-8-9(19)13(8,10(20)21)18(11-14-4-5-15-11)12-16-6-7-17-12/h4-8,11-12H,2-3H2,1H3,(H,20,21). The Kier molecular flexibility index (Phi) is 3.25. The number of aliphatic carboxylic acids is 1. The molecule has 3 aliphatic rings. The highest BCUT2D eigenvalue weighted by Gasteiger charge is 2.75. The van der Waals surface area contributed by atoms with Crippen LogP contribution in [-0.4, -0.2) is 64.7 Å². The van der Waals surface area contributed by atoms with Crippen LogP contribution in [0.25, 0.3) is 0 Å². The van der Waals surface area contributed by atoms with Crippen molar-refractivity contribution in [2.24, 2.45) is 25.9 Å². The van der Waals surface area contributed by atoms with Crippen molar-refractivity contribution in [3.8, 4) is 0 Å². The van der Waals surface area contributed by atoms with Crippen LogP contribution in [0.1, 0.15) is 19.8 Å². The summed E-state index contributed by atoms with van der Waals surface area (Å²) in [5, 5.41) is 9.69. The van der Waals surface area contributed by atoms with Gasteiger partial charge >= 0.3 is 5.97 Å². The highest BCUT2D eigenvalue weighted by Crippen LogP contribution is 2.50. The number of carbonyl (C=O) groups excluding carboxylic acids is 1. The van der Waals surface area contributed by atoms with E-state index in [1.165, 1.54) is 29.8 Å². The number of Topliss-reactive ketones (excluding diaryl/α,β-unsaturated/α-hetero) is 1. The molecule has 0 radical (unpaired) electrons. The third kappa shape index (κ3) is 1.86. The van der Waals surface area contributed by atoms with Crippen LogP contribution < -0.4 is 0 Å². The van der Waals surface area contributed by atoms with E-state index >= 15 is 0 Å². The molecule has 1 saturated carbocycles. The number of hydrogen-bond acceptors (Lipinski definition) is 7. The minimum atomic E-state index is -1.62. The first kappa shape index (κ1) is 13.7. The second-order valence-electron chi connectivity index (χ2n) is 5.07. The lowest BCUT2D eigenvalue weighted by molar-refractivity contribution is -0.150. The van der Waals surface area contributed by atoms with Crippen molar-refractivity contribution in [2.45, 2.75) is 37.9 Å². The molecule has 2 aliphatic heterocycles. The molecule has 3 rings (SSSR count). The van der Waals surface area contributed by atoms with Gasteiger partial charge in [-0.1, -0.05) is 13.3 Å². The number of hydrogen-bond donors (Lipinski definition) is 1. The molecule has 2 atom stereocenters. The van der Waals surface area contributed by atoms with E-state index < -0.39 is 30.0 Å². The summed E-state index contributed by atoms with van der Waals surface area (Å²) in [5.41, 5.74) is -1.62. The molecule has 1 N–H and O–H groups in total. The van der Waals surface area contributed by atoms with Crippen molar-refractivity contribution in [1.29, 1.82) is 0 Å². The van der Waals surface area contributed by atoms with Crippen LogP contribution in [0.3, 0.4) is 0 Å². The molecule has 0 aromatic carbocycles. The summed E-state index contributed by atoms with van der Waals surface area (Å²) in [6, 6.07) is 0. The predicted octanol–water partition coefficient (Wildman–Crippen LogP) is -0.0116. The molecule has 0 spiro atoms. The zero-order valence-corrected chi connectivity index (χ0v) is 11.5. The highest BCUT2D eigenvalue weighted by molar-refractivity contribution is 6.24. The van der Waals surface area contributed by atoms with Gasteiger partial charge in [-0.15, -0.1) is 0 Å². The summed E-state index contributed by atoms with van der Waals surface area (Å²) >= 11 is 0. The first-order chi connectivity index (χ1) is 10.1. The lowest BCUT2D eigenvalue weighted by Gasteiger charge is -2.32. The minimum absolute atomic E-state index is 0.313. The first-order valence-electron chi connectivity index (χ1n) is 6.80. The first-order valence-corrected chi connectivity index (χ1v) is 6.80. The third-order valence-electron chi connectivity index (χ3n) is 3.93. The van der Waals surface area contributed by atoms with Gasteiger partial charge in [0, 0.05) is 24.9 Å². The van der Waals surface area contributed by atoms with E-state index in [1.807, 2.05) is 6.92 Å². The van der Waals surface area contributed by atoms with Crippen molar-refractivity contribution < 1.29 is 14.7 Å². The Bertz CT molecular complexity index is 545. The molecule has 1 aliphatic carbocycles. The second-order valence-corrected chi connectivity index (χ2v) is 5.07. The Labute approximate surface area is 121 Å². The van der Waals surface area contributed by atoms with Crippen LogP contribution in [0.15, 0.2) is 20.0 Å². The lowest BCUT2D eigenvalue weighted by atomic mass is 10.1. The third-order valence-corrected chi connectivity index (χ3v) is 3.93. The van der Waals surface area contributed by atoms with Crippen LogP contribution in [0.5, 0.6) is 0 Å². The topological polar surface area (TPSA) is 107 Å². The summed E-state index contributed by atoms with van der Waals surface area (Å²) in [6.45, 7) is 1.92. The average molecular weight is 289 g/mol. The molecule has 0 aromatic heterocycles. The average Bonchev–Trinajstić information content (AvgIpc) is 2.96. The molecule has 0 amide bonds. The maximum absolute atomic E-state index is 12.3. The number of aliphatic imine (C=N–C) groups is 4. The summed E-state index contributed by atoms with van der Waals surface area (Å²) < 4.78 is 0. The summed E-state index contributed by atoms with van der Waals surface area (Å²) in [5.74, 6) is -2.05. The molecule has 2 heterocycles. The van der Waals surface area contributed by atoms with Gasteiger partial charge in [0.1, 0.15) is 0 Å². The van der Waals surface area contributed by atoms with Crippen LogP contribution in [0, 0.1) is 5.92 Å². The number of carbonyl (C=O) groups is 2. The van der Waals surface area contributed by atoms with Crippen LogP contribution >= 0.6 is 0 Å². The highest BCUT2D eigenvalue weighted by atomic mass is 16.4.